The van der Waals surface area contributed by atoms with Crippen LogP contribution in [0.25, 0.3) is 10.9 Å². The highest BCUT2D eigenvalue weighted by molar-refractivity contribution is 6.33. The van der Waals surface area contributed by atoms with Crippen LogP contribution in [0.1, 0.15) is 19.4 Å². The summed E-state index contributed by atoms with van der Waals surface area (Å²) in [6.07, 6.45) is 2.81. The topological polar surface area (TPSA) is 88.8 Å². The molecule has 0 amide bonds. The summed E-state index contributed by atoms with van der Waals surface area (Å²) in [6.45, 7) is 4.63. The maximum absolute atomic E-state index is 6.17. The summed E-state index contributed by atoms with van der Waals surface area (Å²) in [5.74, 6) is 0.813. The Balaban J connectivity index is 1.72. The highest BCUT2D eigenvalue weighted by atomic mass is 35.5. The van der Waals surface area contributed by atoms with Crippen LogP contribution in [0.5, 0.6) is 5.75 Å². The van der Waals surface area contributed by atoms with Crippen molar-refractivity contribution >= 4 is 39.9 Å². The molecule has 1 aromatic carbocycles. The lowest BCUT2D eigenvalue weighted by Gasteiger charge is -2.20. The van der Waals surface area contributed by atoms with E-state index in [1.807, 2.05) is 32.2 Å². The van der Waals surface area contributed by atoms with Crippen LogP contribution >= 0.6 is 23.2 Å². The van der Waals surface area contributed by atoms with Gasteiger partial charge in [0.15, 0.2) is 16.7 Å². The predicted octanol–water partition coefficient (Wildman–Crippen LogP) is 4.04. The number of aromatic amines is 1. The molecule has 0 spiro atoms. The number of nitrogens with one attached hydrogen (secondary N) is 2. The van der Waals surface area contributed by atoms with Gasteiger partial charge in [0.25, 0.3) is 0 Å². The molecule has 0 saturated carbocycles. The zero-order valence-corrected chi connectivity index (χ0v) is 16.2. The van der Waals surface area contributed by atoms with E-state index in [0.29, 0.717) is 18.1 Å². The first-order valence-corrected chi connectivity index (χ1v) is 9.03. The third kappa shape index (κ3) is 4.58. The van der Waals surface area contributed by atoms with Crippen LogP contribution in [0.15, 0.2) is 30.5 Å². The quantitative estimate of drug-likeness (QED) is 0.416. The molecule has 0 aliphatic heterocycles. The predicted molar refractivity (Wildman–Crippen MR) is 106 cm³/mol. The first kappa shape index (κ1) is 18.8. The second-order valence-corrected chi connectivity index (χ2v) is 7.47. The van der Waals surface area contributed by atoms with Crippen molar-refractivity contribution in [2.75, 3.05) is 18.5 Å². The van der Waals surface area contributed by atoms with Crippen molar-refractivity contribution in [1.29, 1.82) is 0 Å². The molecular weight excluding hydrogens is 373 g/mol. The van der Waals surface area contributed by atoms with Gasteiger partial charge in [-0.2, -0.15) is 4.98 Å². The summed E-state index contributed by atoms with van der Waals surface area (Å²) in [7, 11) is 0. The van der Waals surface area contributed by atoms with Crippen LogP contribution in [0.2, 0.25) is 10.4 Å². The Kier molecular flexibility index (Phi) is 5.55. The van der Waals surface area contributed by atoms with E-state index in [9.17, 15) is 0 Å². The number of nitrogens with two attached hydrogens (primary N) is 1. The van der Waals surface area contributed by atoms with Crippen LogP contribution in [0.4, 0.5) is 5.82 Å². The van der Waals surface area contributed by atoms with Crippen molar-refractivity contribution in [3.63, 3.8) is 0 Å². The van der Waals surface area contributed by atoms with Gasteiger partial charge in [-0.3, -0.25) is 0 Å². The minimum atomic E-state index is -0.510. The number of fused-ring (bicyclic) bond motifs is 1. The van der Waals surface area contributed by atoms with Crippen molar-refractivity contribution in [3.8, 4) is 5.75 Å². The summed E-state index contributed by atoms with van der Waals surface area (Å²) in [4.78, 5) is 11.4. The molecule has 0 aliphatic carbocycles. The Morgan fingerprint density at radius 3 is 2.77 bits per heavy atom. The fourth-order valence-electron chi connectivity index (χ4n) is 2.56. The van der Waals surface area contributed by atoms with Crippen molar-refractivity contribution < 1.29 is 4.74 Å². The monoisotopic (exact) mass is 393 g/mol. The Morgan fingerprint density at radius 2 is 2.00 bits per heavy atom. The molecule has 138 valence electrons. The minimum Gasteiger partial charge on any atom is -0.485 e. The highest BCUT2D eigenvalue weighted by Gasteiger charge is 2.18. The van der Waals surface area contributed by atoms with Gasteiger partial charge in [-0.05, 0) is 43.5 Å². The van der Waals surface area contributed by atoms with Crippen molar-refractivity contribution in [3.05, 3.63) is 46.5 Å². The molecule has 2 heterocycles. The van der Waals surface area contributed by atoms with E-state index < -0.39 is 5.54 Å². The number of hydrogen-bond donors (Lipinski definition) is 3. The van der Waals surface area contributed by atoms with E-state index in [0.717, 1.165) is 11.9 Å². The van der Waals surface area contributed by atoms with Crippen LogP contribution in [0, 0.1) is 0 Å². The number of hydrogen-bond acceptors (Lipinski definition) is 5. The van der Waals surface area contributed by atoms with E-state index in [1.54, 1.807) is 0 Å². The molecule has 0 bridgehead atoms. The van der Waals surface area contributed by atoms with Gasteiger partial charge < -0.3 is 20.8 Å². The summed E-state index contributed by atoms with van der Waals surface area (Å²) in [5.41, 5.74) is 7.79. The maximum atomic E-state index is 6.17. The molecule has 0 radical (unpaired) electrons. The highest BCUT2D eigenvalue weighted by Crippen LogP contribution is 2.32. The van der Waals surface area contributed by atoms with Crippen LogP contribution in [-0.2, 0) is 6.42 Å². The molecule has 0 atom stereocenters. The minimum absolute atomic E-state index is 0.0592. The molecule has 26 heavy (non-hydrogen) atoms. The van der Waals surface area contributed by atoms with Crippen molar-refractivity contribution in [2.24, 2.45) is 5.73 Å². The third-order valence-corrected chi connectivity index (χ3v) is 4.17. The van der Waals surface area contributed by atoms with Gasteiger partial charge in [-0.15, -0.1) is 0 Å². The second kappa shape index (κ2) is 7.70. The second-order valence-electron chi connectivity index (χ2n) is 6.77. The van der Waals surface area contributed by atoms with E-state index in [2.05, 4.69) is 32.4 Å². The van der Waals surface area contributed by atoms with Gasteiger partial charge in [0.2, 0.25) is 5.28 Å². The molecule has 0 saturated heterocycles. The summed E-state index contributed by atoms with van der Waals surface area (Å²) >= 11 is 12.1. The Morgan fingerprint density at radius 1 is 1.23 bits per heavy atom. The normalized spacial score (nSPS) is 11.7. The van der Waals surface area contributed by atoms with E-state index in [1.165, 1.54) is 10.9 Å². The van der Waals surface area contributed by atoms with Crippen LogP contribution in [0.3, 0.4) is 0 Å². The first-order chi connectivity index (χ1) is 12.3. The van der Waals surface area contributed by atoms with Gasteiger partial charge >= 0.3 is 0 Å². The zero-order valence-electron chi connectivity index (χ0n) is 14.6. The smallest absolute Gasteiger partial charge is 0.226 e. The number of para-hydroxylation sites is 1. The van der Waals surface area contributed by atoms with Crippen LogP contribution in [-0.4, -0.2) is 33.6 Å². The SMILES string of the molecule is CC(C)(N)COc1c(Cl)nc(Cl)nc1NCCc1c[nH]c2ccccc12. The largest absolute Gasteiger partial charge is 0.485 e. The van der Waals surface area contributed by atoms with Crippen molar-refractivity contribution in [1.82, 2.24) is 15.0 Å². The molecule has 3 rings (SSSR count). The summed E-state index contributed by atoms with van der Waals surface area (Å²) in [6, 6.07) is 8.18. The van der Waals surface area contributed by atoms with Gasteiger partial charge in [0.05, 0.1) is 0 Å². The standard InChI is InChI=1S/C18H21Cl2N5O/c1-18(2,21)10-26-14-15(19)24-17(20)25-16(14)22-8-7-11-9-23-13-6-4-3-5-12(11)13/h3-6,9,23H,7-8,10,21H2,1-2H3,(H,22,24,25). The lowest BCUT2D eigenvalue weighted by Crippen LogP contribution is -2.38. The summed E-state index contributed by atoms with van der Waals surface area (Å²) < 4.78 is 5.74. The number of ether oxygens (including phenoxy) is 1. The number of rotatable bonds is 7. The summed E-state index contributed by atoms with van der Waals surface area (Å²) in [5, 5.41) is 4.65. The average molecular weight is 394 g/mol. The number of benzene rings is 1. The number of aromatic nitrogens is 3. The first-order valence-electron chi connectivity index (χ1n) is 8.27. The van der Waals surface area contributed by atoms with E-state index in [4.69, 9.17) is 33.7 Å². The zero-order chi connectivity index (χ0) is 18.7. The third-order valence-electron chi connectivity index (χ3n) is 3.75. The molecule has 0 unspecified atom stereocenters. The number of anilines is 1. The molecule has 4 N–H and O–H groups in total. The van der Waals surface area contributed by atoms with Gasteiger partial charge in [-0.1, -0.05) is 29.8 Å². The fraction of sp³-hybridized carbons (Fsp3) is 0.333. The Labute approximate surface area is 162 Å². The Hall–Kier alpha value is -2.02. The number of H-pyrrole nitrogens is 1. The molecule has 3 aromatic rings. The molecule has 6 nitrogen and oxygen atoms in total. The van der Waals surface area contributed by atoms with Crippen LogP contribution < -0.4 is 15.8 Å². The van der Waals surface area contributed by atoms with Crippen molar-refractivity contribution in [2.45, 2.75) is 25.8 Å². The number of nitrogens with zero attached hydrogens (tertiary/aromatic N) is 2. The molecule has 0 fully saturated rings. The maximum Gasteiger partial charge on any atom is 0.226 e. The van der Waals surface area contributed by atoms with E-state index >= 15 is 0 Å². The average Bonchev–Trinajstić information content (AvgIpc) is 2.96. The Bertz CT molecular complexity index is 904. The fourth-order valence-corrected chi connectivity index (χ4v) is 2.99. The van der Waals surface area contributed by atoms with Gasteiger partial charge in [-0.25, -0.2) is 4.98 Å². The van der Waals surface area contributed by atoms with Gasteiger partial charge in [0, 0.05) is 29.2 Å². The lowest BCUT2D eigenvalue weighted by molar-refractivity contribution is 0.243. The lowest BCUT2D eigenvalue weighted by atomic mass is 10.1. The molecular formula is C18H21Cl2N5O. The molecule has 8 heteroatoms. The van der Waals surface area contributed by atoms with Gasteiger partial charge in [0.1, 0.15) is 6.61 Å². The molecule has 2 aromatic heterocycles. The number of halogens is 2. The molecule has 0 aliphatic rings. The van der Waals surface area contributed by atoms with E-state index in [-0.39, 0.29) is 17.0 Å².